The molecular weight excluding hydrogens is 396 g/mol. The molecule has 2 aromatic carbocycles. The van der Waals surface area contributed by atoms with Gasteiger partial charge in [-0.2, -0.15) is 0 Å². The summed E-state index contributed by atoms with van der Waals surface area (Å²) in [4.78, 5) is 4.25. The van der Waals surface area contributed by atoms with Gasteiger partial charge in [0, 0.05) is 6.54 Å². The quantitative estimate of drug-likeness (QED) is 0.447. The minimum atomic E-state index is -0.236. The predicted molar refractivity (Wildman–Crippen MR) is 98.6 cm³/mol. The van der Waals surface area contributed by atoms with Gasteiger partial charge in [0.2, 0.25) is 0 Å². The van der Waals surface area contributed by atoms with Gasteiger partial charge in [-0.25, -0.2) is 4.39 Å². The number of hydrogen-bond donors (Lipinski definition) is 2. The number of methoxy groups -OCH3 is 1. The molecule has 6 heteroatoms. The molecule has 3 N–H and O–H groups in total. The molecule has 0 fully saturated rings. The van der Waals surface area contributed by atoms with Crippen LogP contribution in [0.25, 0.3) is 0 Å². The van der Waals surface area contributed by atoms with Crippen LogP contribution in [0.2, 0.25) is 0 Å². The summed E-state index contributed by atoms with van der Waals surface area (Å²) in [6, 6.07) is 13.8. The number of anilines is 1. The van der Waals surface area contributed by atoms with Crippen LogP contribution in [0.1, 0.15) is 5.56 Å². The second kappa shape index (κ2) is 9.24. The van der Waals surface area contributed by atoms with Crippen molar-refractivity contribution < 1.29 is 9.13 Å². The molecule has 4 nitrogen and oxygen atoms in total. The molecule has 0 aliphatic heterocycles. The number of benzene rings is 2. The summed E-state index contributed by atoms with van der Waals surface area (Å²) in [5.41, 5.74) is 7.63. The smallest absolute Gasteiger partial charge is 0.193 e. The van der Waals surface area contributed by atoms with Crippen LogP contribution in [0.3, 0.4) is 0 Å². The van der Waals surface area contributed by atoms with E-state index in [0.29, 0.717) is 24.7 Å². The summed E-state index contributed by atoms with van der Waals surface area (Å²) in [5, 5.41) is 3.00. The van der Waals surface area contributed by atoms with E-state index in [1.165, 1.54) is 12.1 Å². The number of hydrogen-bond acceptors (Lipinski definition) is 2. The van der Waals surface area contributed by atoms with Gasteiger partial charge < -0.3 is 15.8 Å². The fraction of sp³-hybridized carbons (Fsp3) is 0.188. The monoisotopic (exact) mass is 415 g/mol. The first-order valence-corrected chi connectivity index (χ1v) is 6.63. The van der Waals surface area contributed by atoms with Gasteiger partial charge in [0.05, 0.1) is 12.8 Å². The van der Waals surface area contributed by atoms with Gasteiger partial charge in [-0.15, -0.1) is 24.0 Å². The second-order valence-electron chi connectivity index (χ2n) is 4.47. The van der Waals surface area contributed by atoms with E-state index in [1.54, 1.807) is 19.2 Å². The van der Waals surface area contributed by atoms with Crippen molar-refractivity contribution in [2.24, 2.45) is 10.7 Å². The van der Waals surface area contributed by atoms with Gasteiger partial charge in [-0.3, -0.25) is 4.99 Å². The zero-order chi connectivity index (χ0) is 15.1. The molecule has 0 amide bonds. The van der Waals surface area contributed by atoms with Gasteiger partial charge in [-0.05, 0) is 36.2 Å². The van der Waals surface area contributed by atoms with Gasteiger partial charge in [0.15, 0.2) is 5.96 Å². The number of rotatable bonds is 5. The summed E-state index contributed by atoms with van der Waals surface area (Å²) in [7, 11) is 1.60. The maximum atomic E-state index is 12.8. The van der Waals surface area contributed by atoms with Gasteiger partial charge in [0.1, 0.15) is 11.6 Å². The lowest BCUT2D eigenvalue weighted by molar-refractivity contribution is 0.417. The molecule has 2 aromatic rings. The Bertz CT molecular complexity index is 617. The summed E-state index contributed by atoms with van der Waals surface area (Å²) in [6.07, 6.45) is 0.703. The maximum Gasteiger partial charge on any atom is 0.193 e. The van der Waals surface area contributed by atoms with Crippen molar-refractivity contribution in [1.29, 1.82) is 0 Å². The lowest BCUT2D eigenvalue weighted by Crippen LogP contribution is -2.23. The average molecular weight is 415 g/mol. The Hall–Kier alpha value is -1.83. The van der Waals surface area contributed by atoms with E-state index in [9.17, 15) is 4.39 Å². The molecule has 0 bridgehead atoms. The molecular formula is C16H19FIN3O. The third kappa shape index (κ3) is 5.51. The SMILES string of the molecule is COc1ccccc1NC(N)=NCCc1ccc(F)cc1.I. The Morgan fingerprint density at radius 2 is 1.86 bits per heavy atom. The fourth-order valence-corrected chi connectivity index (χ4v) is 1.88. The molecule has 0 saturated carbocycles. The van der Waals surface area contributed by atoms with Crippen molar-refractivity contribution in [2.75, 3.05) is 19.0 Å². The number of nitrogens with two attached hydrogens (primary N) is 1. The minimum Gasteiger partial charge on any atom is -0.495 e. The van der Waals surface area contributed by atoms with Gasteiger partial charge >= 0.3 is 0 Å². The number of guanidine groups is 1. The van der Waals surface area contributed by atoms with Crippen LogP contribution < -0.4 is 15.8 Å². The summed E-state index contributed by atoms with van der Waals surface area (Å²) in [5.74, 6) is 0.787. The number of nitrogens with zero attached hydrogens (tertiary/aromatic N) is 1. The summed E-state index contributed by atoms with van der Waals surface area (Å²) in [6.45, 7) is 0.527. The number of ether oxygens (including phenoxy) is 1. The Kier molecular flexibility index (Phi) is 7.65. The number of para-hydroxylation sites is 2. The third-order valence-corrected chi connectivity index (χ3v) is 2.97. The molecule has 0 spiro atoms. The van der Waals surface area contributed by atoms with Crippen LogP contribution >= 0.6 is 24.0 Å². The van der Waals surface area contributed by atoms with Crippen LogP contribution in [0.4, 0.5) is 10.1 Å². The Labute approximate surface area is 146 Å². The van der Waals surface area contributed by atoms with Crippen molar-refractivity contribution in [3.63, 3.8) is 0 Å². The first kappa shape index (κ1) is 18.2. The highest BCUT2D eigenvalue weighted by Gasteiger charge is 2.02. The molecule has 0 aliphatic carbocycles. The highest BCUT2D eigenvalue weighted by molar-refractivity contribution is 14.0. The van der Waals surface area contributed by atoms with Gasteiger partial charge in [-0.1, -0.05) is 24.3 Å². The molecule has 2 rings (SSSR count). The summed E-state index contributed by atoms with van der Waals surface area (Å²) >= 11 is 0. The van der Waals surface area contributed by atoms with E-state index < -0.39 is 0 Å². The topological polar surface area (TPSA) is 59.6 Å². The average Bonchev–Trinajstić information content (AvgIpc) is 2.50. The highest BCUT2D eigenvalue weighted by atomic mass is 127. The van der Waals surface area contributed by atoms with E-state index in [1.807, 2.05) is 24.3 Å². The van der Waals surface area contributed by atoms with Crippen LogP contribution in [-0.2, 0) is 6.42 Å². The minimum absolute atomic E-state index is 0. The molecule has 118 valence electrons. The predicted octanol–water partition coefficient (Wildman–Crippen LogP) is 3.42. The highest BCUT2D eigenvalue weighted by Crippen LogP contribution is 2.22. The molecule has 0 aromatic heterocycles. The lowest BCUT2D eigenvalue weighted by atomic mass is 10.1. The van der Waals surface area contributed by atoms with E-state index in [4.69, 9.17) is 10.5 Å². The lowest BCUT2D eigenvalue weighted by Gasteiger charge is -2.10. The molecule has 22 heavy (non-hydrogen) atoms. The normalized spacial score (nSPS) is 10.7. The van der Waals surface area contributed by atoms with E-state index >= 15 is 0 Å². The Morgan fingerprint density at radius 3 is 2.55 bits per heavy atom. The van der Waals surface area contributed by atoms with Crippen molar-refractivity contribution in [3.8, 4) is 5.75 Å². The van der Waals surface area contributed by atoms with Gasteiger partial charge in [0.25, 0.3) is 0 Å². The first-order chi connectivity index (χ1) is 10.2. The fourth-order valence-electron chi connectivity index (χ4n) is 1.88. The third-order valence-electron chi connectivity index (χ3n) is 2.97. The molecule has 0 unspecified atom stereocenters. The maximum absolute atomic E-state index is 12.8. The van der Waals surface area contributed by atoms with Crippen molar-refractivity contribution >= 4 is 35.6 Å². The van der Waals surface area contributed by atoms with E-state index in [2.05, 4.69) is 10.3 Å². The van der Waals surface area contributed by atoms with Crippen LogP contribution in [0, 0.1) is 5.82 Å². The molecule has 0 atom stereocenters. The zero-order valence-electron chi connectivity index (χ0n) is 12.3. The molecule has 0 radical (unpaired) electrons. The number of nitrogens with one attached hydrogen (secondary N) is 1. The summed E-state index contributed by atoms with van der Waals surface area (Å²) < 4.78 is 18.0. The van der Waals surface area contributed by atoms with Crippen LogP contribution in [0.5, 0.6) is 5.75 Å². The van der Waals surface area contributed by atoms with Crippen molar-refractivity contribution in [3.05, 3.63) is 59.9 Å². The first-order valence-electron chi connectivity index (χ1n) is 6.63. The Morgan fingerprint density at radius 1 is 1.18 bits per heavy atom. The standard InChI is InChI=1S/C16H18FN3O.HI/c1-21-15-5-3-2-4-14(15)20-16(18)19-11-10-12-6-8-13(17)9-7-12;/h2-9H,10-11H2,1H3,(H3,18,19,20);1H. The molecule has 0 aliphatic rings. The largest absolute Gasteiger partial charge is 0.495 e. The zero-order valence-corrected chi connectivity index (χ0v) is 14.6. The second-order valence-corrected chi connectivity index (χ2v) is 4.47. The van der Waals surface area contributed by atoms with Crippen molar-refractivity contribution in [2.45, 2.75) is 6.42 Å². The molecule has 0 heterocycles. The van der Waals surface area contributed by atoms with Crippen LogP contribution in [-0.4, -0.2) is 19.6 Å². The Balaban J connectivity index is 0.00000242. The van der Waals surface area contributed by atoms with E-state index in [0.717, 1.165) is 11.3 Å². The van der Waals surface area contributed by atoms with E-state index in [-0.39, 0.29) is 29.8 Å². The number of halogens is 2. The van der Waals surface area contributed by atoms with Crippen molar-refractivity contribution in [1.82, 2.24) is 0 Å². The molecule has 0 saturated heterocycles. The number of aliphatic imine (C=N–C) groups is 1. The van der Waals surface area contributed by atoms with Crippen LogP contribution in [0.15, 0.2) is 53.5 Å².